The monoisotopic (exact) mass is 812 g/mol. The van der Waals surface area contributed by atoms with Crippen LogP contribution in [-0.4, -0.2) is 137 Å². The average molecular weight is 812 g/mol. The Hall–Kier alpha value is -5.25. The number of carbonyl (C=O) groups excluding carboxylic acids is 6. The molecule has 1 saturated heterocycles. The summed E-state index contributed by atoms with van der Waals surface area (Å²) in [5, 5.41) is 32.3. The fourth-order valence-corrected chi connectivity index (χ4v) is 6.03. The number of carboxylic acid groups (broad SMARTS) is 1. The molecule has 17 N–H and O–H groups in total. The molecule has 0 aliphatic carbocycles. The van der Waals surface area contributed by atoms with Gasteiger partial charge in [-0.1, -0.05) is 27.7 Å². The van der Waals surface area contributed by atoms with Gasteiger partial charge in [-0.3, -0.25) is 38.8 Å². The summed E-state index contributed by atoms with van der Waals surface area (Å²) in [5.74, 6) is -5.97. The van der Waals surface area contributed by atoms with E-state index in [1.807, 2.05) is 27.7 Å². The van der Waals surface area contributed by atoms with Gasteiger partial charge in [-0.15, -0.1) is 0 Å². The van der Waals surface area contributed by atoms with Gasteiger partial charge in [0.1, 0.15) is 36.3 Å². The first kappa shape index (κ1) is 49.8. The van der Waals surface area contributed by atoms with Gasteiger partial charge in [0.2, 0.25) is 35.4 Å². The van der Waals surface area contributed by atoms with E-state index in [4.69, 9.17) is 28.7 Å². The summed E-state index contributed by atoms with van der Waals surface area (Å²) in [6.07, 6.45) is 1.84. The van der Waals surface area contributed by atoms with Crippen molar-refractivity contribution in [3.8, 4) is 0 Å². The number of rotatable bonds is 25. The minimum Gasteiger partial charge on any atom is -0.480 e. The number of guanidine groups is 2. The third-order valence-electron chi connectivity index (χ3n) is 8.93. The van der Waals surface area contributed by atoms with Crippen LogP contribution in [0.1, 0.15) is 86.0 Å². The van der Waals surface area contributed by atoms with E-state index in [-0.39, 0.29) is 81.9 Å². The third kappa shape index (κ3) is 18.5. The maximum Gasteiger partial charge on any atom is 0.326 e. The topological polar surface area (TPSA) is 378 Å². The molecule has 22 heteroatoms. The highest BCUT2D eigenvalue weighted by molar-refractivity contribution is 5.97. The van der Waals surface area contributed by atoms with Crippen molar-refractivity contribution in [3.63, 3.8) is 0 Å². The molecule has 1 rings (SSSR count). The number of carbonyl (C=O) groups is 7. The molecule has 1 heterocycles. The average Bonchev–Trinajstić information content (AvgIpc) is 3.62. The van der Waals surface area contributed by atoms with Crippen LogP contribution in [0.25, 0.3) is 0 Å². The van der Waals surface area contributed by atoms with Crippen LogP contribution in [0.3, 0.4) is 0 Å². The van der Waals surface area contributed by atoms with E-state index >= 15 is 0 Å². The van der Waals surface area contributed by atoms with Crippen molar-refractivity contribution in [1.29, 1.82) is 0 Å². The van der Waals surface area contributed by atoms with Gasteiger partial charge in [0.05, 0.1) is 12.6 Å². The van der Waals surface area contributed by atoms with E-state index < -0.39 is 90.3 Å². The number of hydrogen-bond donors (Lipinski definition) is 12. The Kier molecular flexibility index (Phi) is 21.9. The maximum absolute atomic E-state index is 13.6. The van der Waals surface area contributed by atoms with E-state index in [0.29, 0.717) is 12.8 Å². The van der Waals surface area contributed by atoms with Crippen LogP contribution in [0.2, 0.25) is 0 Å². The van der Waals surface area contributed by atoms with Crippen molar-refractivity contribution >= 4 is 53.3 Å². The molecule has 22 nitrogen and oxygen atoms in total. The van der Waals surface area contributed by atoms with Crippen LogP contribution >= 0.6 is 0 Å². The summed E-state index contributed by atoms with van der Waals surface area (Å²) >= 11 is 0. The molecule has 57 heavy (non-hydrogen) atoms. The molecule has 0 radical (unpaired) electrons. The molecule has 0 aromatic carbocycles. The molecular formula is C35H65N13O9. The lowest BCUT2D eigenvalue weighted by Gasteiger charge is -2.29. The predicted molar refractivity (Wildman–Crippen MR) is 211 cm³/mol. The first-order valence-electron chi connectivity index (χ1n) is 19.2. The number of aliphatic carboxylic acids is 1. The molecule has 0 spiro atoms. The van der Waals surface area contributed by atoms with Crippen molar-refractivity contribution in [3.05, 3.63) is 0 Å². The number of aliphatic hydroxyl groups is 1. The lowest BCUT2D eigenvalue weighted by molar-refractivity contribution is -0.149. The lowest BCUT2D eigenvalue weighted by Crippen LogP contribution is -2.60. The second-order valence-electron chi connectivity index (χ2n) is 14.9. The fraction of sp³-hybridized carbons (Fsp3) is 0.743. The second-order valence-corrected chi connectivity index (χ2v) is 14.9. The minimum atomic E-state index is -1.55. The van der Waals surface area contributed by atoms with E-state index in [9.17, 15) is 43.8 Å². The van der Waals surface area contributed by atoms with Crippen molar-refractivity contribution < 1.29 is 43.8 Å². The van der Waals surface area contributed by atoms with Gasteiger partial charge in [0.15, 0.2) is 11.9 Å². The molecule has 0 bridgehead atoms. The van der Waals surface area contributed by atoms with Crippen molar-refractivity contribution in [1.82, 2.24) is 31.5 Å². The number of amides is 6. The summed E-state index contributed by atoms with van der Waals surface area (Å²) in [4.78, 5) is 101. The molecule has 0 aromatic heterocycles. The quantitative estimate of drug-likeness (QED) is 0.0238. The lowest BCUT2D eigenvalue weighted by atomic mass is 10.0. The van der Waals surface area contributed by atoms with Crippen molar-refractivity contribution in [2.75, 3.05) is 26.2 Å². The van der Waals surface area contributed by atoms with E-state index in [1.54, 1.807) is 0 Å². The van der Waals surface area contributed by atoms with Gasteiger partial charge in [-0.05, 0) is 70.1 Å². The Bertz CT molecular complexity index is 1430. The van der Waals surface area contributed by atoms with Gasteiger partial charge in [0, 0.05) is 19.6 Å². The summed E-state index contributed by atoms with van der Waals surface area (Å²) in [5.41, 5.74) is 27.7. The van der Waals surface area contributed by atoms with E-state index in [1.165, 1.54) is 11.8 Å². The highest BCUT2D eigenvalue weighted by atomic mass is 16.4. The van der Waals surface area contributed by atoms with Crippen LogP contribution in [0, 0.1) is 11.8 Å². The zero-order valence-electron chi connectivity index (χ0n) is 33.7. The van der Waals surface area contributed by atoms with Crippen LogP contribution < -0.4 is 55.3 Å². The molecule has 6 amide bonds. The second kappa shape index (κ2) is 25.1. The van der Waals surface area contributed by atoms with E-state index in [2.05, 4.69) is 36.6 Å². The Morgan fingerprint density at radius 3 is 1.60 bits per heavy atom. The van der Waals surface area contributed by atoms with Crippen molar-refractivity contribution in [2.45, 2.75) is 128 Å². The number of hydrogen-bond acceptors (Lipinski definition) is 11. The number of nitrogens with two attached hydrogens (primary N) is 5. The fourth-order valence-electron chi connectivity index (χ4n) is 6.03. The molecule has 1 aliphatic rings. The standard InChI is InChI=1S/C35H65N13O9/c1-18(2)15-21(36)28(51)44-23(10-7-13-42-35(39)40)30(53)45-22(9-6-12-41-34(37)38)29(52)43-20(5)27(50)47-25(17-49)31(54)46-24(16-19(3)4)32(55)48-14-8-11-26(48)33(56)57/h18-26,49H,6-17,36H2,1-5H3,(H,43,52)(H,44,51)(H,45,53)(H,46,54)(H,47,50)(H,56,57)(H4,37,38,41)(H4,39,40,42)/t20-,21-,22-,23-,24-,25-,26-/m0/s1. The molecule has 0 unspecified atom stereocenters. The molecule has 0 saturated carbocycles. The third-order valence-corrected chi connectivity index (χ3v) is 8.93. The summed E-state index contributed by atoms with van der Waals surface area (Å²) in [6, 6.07) is -8.33. The van der Waals surface area contributed by atoms with Crippen LogP contribution in [0.15, 0.2) is 9.98 Å². The van der Waals surface area contributed by atoms with E-state index in [0.717, 1.165) is 0 Å². The molecule has 1 fully saturated rings. The first-order valence-corrected chi connectivity index (χ1v) is 19.2. The summed E-state index contributed by atoms with van der Waals surface area (Å²) in [6.45, 7) is 8.29. The van der Waals surface area contributed by atoms with Crippen LogP contribution in [0.5, 0.6) is 0 Å². The molecule has 1 aliphatic heterocycles. The summed E-state index contributed by atoms with van der Waals surface area (Å²) < 4.78 is 0. The number of likely N-dealkylation sites (tertiary alicyclic amines) is 1. The largest absolute Gasteiger partial charge is 0.480 e. The number of aliphatic imine (C=N–C) groups is 2. The number of carboxylic acids is 1. The maximum atomic E-state index is 13.6. The molecule has 7 atom stereocenters. The zero-order valence-corrected chi connectivity index (χ0v) is 33.7. The smallest absolute Gasteiger partial charge is 0.326 e. The van der Waals surface area contributed by atoms with Crippen LogP contribution in [-0.2, 0) is 33.6 Å². The Balaban J connectivity index is 3.15. The Morgan fingerprint density at radius 1 is 0.667 bits per heavy atom. The normalized spacial score (nSPS) is 16.9. The highest BCUT2D eigenvalue weighted by Gasteiger charge is 2.39. The molecular weight excluding hydrogens is 746 g/mol. The zero-order chi connectivity index (χ0) is 43.4. The summed E-state index contributed by atoms with van der Waals surface area (Å²) in [7, 11) is 0. The van der Waals surface area contributed by atoms with Gasteiger partial charge >= 0.3 is 5.97 Å². The highest BCUT2D eigenvalue weighted by Crippen LogP contribution is 2.20. The Labute approximate surface area is 333 Å². The van der Waals surface area contributed by atoms with Crippen molar-refractivity contribution in [2.24, 2.45) is 50.5 Å². The SMILES string of the molecule is CC(C)C[C@H](NC(=O)[C@H](CO)NC(=O)[C@H](C)NC(=O)[C@H](CCCN=C(N)N)NC(=O)[C@H](CCCN=C(N)N)NC(=O)[C@@H](N)CC(C)C)C(=O)N1CCC[C@H]1C(=O)O. The van der Waals surface area contributed by atoms with Gasteiger partial charge in [0.25, 0.3) is 0 Å². The molecule has 0 aromatic rings. The minimum absolute atomic E-state index is 0.00306. The predicted octanol–water partition coefficient (Wildman–Crippen LogP) is -3.98. The van der Waals surface area contributed by atoms with Gasteiger partial charge < -0.3 is 70.4 Å². The Morgan fingerprint density at radius 2 is 1.12 bits per heavy atom. The van der Waals surface area contributed by atoms with Crippen LogP contribution in [0.4, 0.5) is 0 Å². The first-order chi connectivity index (χ1) is 26.7. The van der Waals surface area contributed by atoms with Gasteiger partial charge in [-0.25, -0.2) is 4.79 Å². The van der Waals surface area contributed by atoms with Gasteiger partial charge in [-0.2, -0.15) is 0 Å². The number of nitrogens with one attached hydrogen (secondary N) is 5. The number of nitrogens with zero attached hydrogens (tertiary/aromatic N) is 3. The molecule has 324 valence electrons. The number of aliphatic hydroxyl groups excluding tert-OH is 1.